The fourth-order valence-corrected chi connectivity index (χ4v) is 3.03. The van der Waals surface area contributed by atoms with E-state index in [0.717, 1.165) is 13.0 Å². The number of hydrogen-bond donors (Lipinski definition) is 2. The molecule has 2 aromatic carbocycles. The molecule has 0 aliphatic heterocycles. The molecule has 0 saturated heterocycles. The van der Waals surface area contributed by atoms with Crippen molar-refractivity contribution >= 4 is 28.9 Å². The molecule has 2 aromatic rings. The number of amides is 2. The first kappa shape index (κ1) is 23.8. The maximum absolute atomic E-state index is 12.7. The topological polar surface area (TPSA) is 108 Å². The van der Waals surface area contributed by atoms with Crippen molar-refractivity contribution in [2.24, 2.45) is 0 Å². The molecule has 0 saturated carbocycles. The van der Waals surface area contributed by atoms with Crippen LogP contribution in [0.2, 0.25) is 0 Å². The zero-order valence-corrected chi connectivity index (χ0v) is 18.6. The smallest absolute Gasteiger partial charge is 0.273 e. The zero-order valence-electron chi connectivity index (χ0n) is 18.6. The maximum Gasteiger partial charge on any atom is 0.273 e. The Bertz CT molecular complexity index is 972. The Labute approximate surface area is 182 Å². The van der Waals surface area contributed by atoms with Crippen molar-refractivity contribution in [3.05, 3.63) is 63.2 Å². The molecule has 9 heteroatoms. The molecule has 9 nitrogen and oxygen atoms in total. The molecular formula is C22H29N5O4. The largest absolute Gasteiger partial charge is 0.377 e. The molecule has 0 aliphatic rings. The van der Waals surface area contributed by atoms with Crippen LogP contribution < -0.4 is 15.5 Å². The number of hydrogen-bond acceptors (Lipinski definition) is 6. The third-order valence-electron chi connectivity index (χ3n) is 4.72. The van der Waals surface area contributed by atoms with Gasteiger partial charge in [-0.3, -0.25) is 19.7 Å². The molecule has 0 atom stereocenters. The molecule has 0 aromatic heterocycles. The van der Waals surface area contributed by atoms with E-state index >= 15 is 0 Å². The maximum atomic E-state index is 12.7. The number of nitrogens with one attached hydrogen (secondary N) is 2. The Morgan fingerprint density at radius 3 is 2.35 bits per heavy atom. The van der Waals surface area contributed by atoms with Gasteiger partial charge in [0.1, 0.15) is 0 Å². The molecule has 0 aliphatic carbocycles. The predicted octanol–water partition coefficient (Wildman–Crippen LogP) is 2.90. The lowest BCUT2D eigenvalue weighted by molar-refractivity contribution is -0.385. The SMILES string of the molecule is Cc1ccc(C(=O)Nc2ccc(N(C)C)c(C(=O)NCCCN(C)C)c2)cc1[N+](=O)[O-]. The number of anilines is 2. The van der Waals surface area contributed by atoms with Crippen molar-refractivity contribution in [1.82, 2.24) is 10.2 Å². The van der Waals surface area contributed by atoms with E-state index in [-0.39, 0.29) is 17.2 Å². The molecule has 166 valence electrons. The number of carbonyl (C=O) groups is 2. The number of nitrogens with zero attached hydrogens (tertiary/aromatic N) is 3. The second kappa shape index (κ2) is 10.5. The van der Waals surface area contributed by atoms with Crippen molar-refractivity contribution in [2.45, 2.75) is 13.3 Å². The van der Waals surface area contributed by atoms with E-state index in [0.29, 0.717) is 29.0 Å². The summed E-state index contributed by atoms with van der Waals surface area (Å²) in [4.78, 5) is 39.9. The lowest BCUT2D eigenvalue weighted by Crippen LogP contribution is -2.28. The quantitative estimate of drug-likeness (QED) is 0.362. The van der Waals surface area contributed by atoms with Crippen molar-refractivity contribution in [1.29, 1.82) is 0 Å². The molecule has 0 fully saturated rings. The summed E-state index contributed by atoms with van der Waals surface area (Å²) in [6.45, 7) is 3.01. The molecule has 2 amide bonds. The minimum absolute atomic E-state index is 0.117. The van der Waals surface area contributed by atoms with Crippen LogP contribution in [0.5, 0.6) is 0 Å². The number of benzene rings is 2. The van der Waals surface area contributed by atoms with Gasteiger partial charge in [-0.2, -0.15) is 0 Å². The van der Waals surface area contributed by atoms with Crippen molar-refractivity contribution in [2.75, 3.05) is 51.5 Å². The zero-order chi connectivity index (χ0) is 23.1. The van der Waals surface area contributed by atoms with Gasteiger partial charge in [-0.15, -0.1) is 0 Å². The normalized spacial score (nSPS) is 10.6. The lowest BCUT2D eigenvalue weighted by Gasteiger charge is -2.19. The lowest BCUT2D eigenvalue weighted by atomic mass is 10.1. The third kappa shape index (κ3) is 6.51. The molecule has 0 heterocycles. The summed E-state index contributed by atoms with van der Waals surface area (Å²) in [5, 5.41) is 16.8. The highest BCUT2D eigenvalue weighted by Crippen LogP contribution is 2.24. The fourth-order valence-electron chi connectivity index (χ4n) is 3.03. The summed E-state index contributed by atoms with van der Waals surface area (Å²) < 4.78 is 0. The van der Waals surface area contributed by atoms with Crippen LogP contribution in [-0.4, -0.2) is 62.9 Å². The van der Waals surface area contributed by atoms with E-state index < -0.39 is 10.8 Å². The van der Waals surface area contributed by atoms with Crippen LogP contribution in [-0.2, 0) is 0 Å². The second-order valence-electron chi connectivity index (χ2n) is 7.75. The first-order valence-corrected chi connectivity index (χ1v) is 9.91. The molecule has 2 rings (SSSR count). The van der Waals surface area contributed by atoms with E-state index in [2.05, 4.69) is 10.6 Å². The molecular weight excluding hydrogens is 398 g/mol. The molecule has 0 spiro atoms. The Hall–Kier alpha value is -3.46. The number of nitro benzene ring substituents is 1. The fraction of sp³-hybridized carbons (Fsp3) is 0.364. The van der Waals surface area contributed by atoms with Gasteiger partial charge in [0.2, 0.25) is 0 Å². The second-order valence-corrected chi connectivity index (χ2v) is 7.75. The van der Waals surface area contributed by atoms with Gasteiger partial charge in [0.15, 0.2) is 0 Å². The van der Waals surface area contributed by atoms with Gasteiger partial charge in [-0.05, 0) is 58.3 Å². The highest BCUT2D eigenvalue weighted by Gasteiger charge is 2.17. The van der Waals surface area contributed by atoms with Gasteiger partial charge in [0.05, 0.1) is 10.5 Å². The number of aryl methyl sites for hydroxylation is 1. The average Bonchev–Trinajstić information content (AvgIpc) is 2.70. The van der Waals surface area contributed by atoms with Crippen LogP contribution in [0.25, 0.3) is 0 Å². The van der Waals surface area contributed by atoms with Crippen LogP contribution in [0.1, 0.15) is 32.7 Å². The number of carbonyl (C=O) groups excluding carboxylic acids is 2. The van der Waals surface area contributed by atoms with Gasteiger partial charge in [0.25, 0.3) is 17.5 Å². The van der Waals surface area contributed by atoms with Gasteiger partial charge in [0, 0.05) is 49.2 Å². The highest BCUT2D eigenvalue weighted by molar-refractivity contribution is 6.06. The first-order chi connectivity index (χ1) is 14.6. The molecule has 0 radical (unpaired) electrons. The van der Waals surface area contributed by atoms with E-state index in [1.165, 1.54) is 18.2 Å². The molecule has 0 bridgehead atoms. The highest BCUT2D eigenvalue weighted by atomic mass is 16.6. The number of rotatable bonds is 9. The average molecular weight is 428 g/mol. The molecule has 31 heavy (non-hydrogen) atoms. The van der Waals surface area contributed by atoms with E-state index in [9.17, 15) is 19.7 Å². The van der Waals surface area contributed by atoms with Crippen LogP contribution in [0.3, 0.4) is 0 Å². The summed E-state index contributed by atoms with van der Waals surface area (Å²) in [7, 11) is 7.62. The Morgan fingerprint density at radius 2 is 1.74 bits per heavy atom. The summed E-state index contributed by atoms with van der Waals surface area (Å²) in [5.41, 5.74) is 2.11. The van der Waals surface area contributed by atoms with E-state index in [1.54, 1.807) is 25.1 Å². The predicted molar refractivity (Wildman–Crippen MR) is 122 cm³/mol. The Morgan fingerprint density at radius 1 is 1.03 bits per heavy atom. The van der Waals surface area contributed by atoms with Crippen LogP contribution in [0.4, 0.5) is 17.1 Å². The minimum atomic E-state index is -0.517. The Balaban J connectivity index is 2.21. The minimum Gasteiger partial charge on any atom is -0.377 e. The monoisotopic (exact) mass is 427 g/mol. The van der Waals surface area contributed by atoms with Crippen LogP contribution >= 0.6 is 0 Å². The van der Waals surface area contributed by atoms with Gasteiger partial charge >= 0.3 is 0 Å². The van der Waals surface area contributed by atoms with E-state index in [1.807, 2.05) is 38.0 Å². The summed E-state index contributed by atoms with van der Waals surface area (Å²) in [6.07, 6.45) is 0.818. The third-order valence-corrected chi connectivity index (χ3v) is 4.72. The van der Waals surface area contributed by atoms with E-state index in [4.69, 9.17) is 0 Å². The number of nitro groups is 1. The van der Waals surface area contributed by atoms with Crippen molar-refractivity contribution < 1.29 is 14.5 Å². The van der Waals surface area contributed by atoms with Gasteiger partial charge in [-0.25, -0.2) is 0 Å². The van der Waals surface area contributed by atoms with Crippen molar-refractivity contribution in [3.63, 3.8) is 0 Å². The summed E-state index contributed by atoms with van der Waals surface area (Å²) >= 11 is 0. The van der Waals surface area contributed by atoms with Crippen LogP contribution in [0, 0.1) is 17.0 Å². The summed E-state index contributed by atoms with van der Waals surface area (Å²) in [5.74, 6) is -0.720. The van der Waals surface area contributed by atoms with Gasteiger partial charge < -0.3 is 20.4 Å². The summed E-state index contributed by atoms with van der Waals surface area (Å²) in [6, 6.07) is 9.37. The standard InChI is InChI=1S/C22H29N5O4/c1-15-7-8-16(13-20(15)27(30)31)21(28)24-17-9-10-19(26(4)5)18(14-17)22(29)23-11-6-12-25(2)3/h7-10,13-14H,6,11-12H2,1-5H3,(H,23,29)(H,24,28). The molecule has 0 unspecified atom stereocenters. The van der Waals surface area contributed by atoms with Crippen LogP contribution in [0.15, 0.2) is 36.4 Å². The van der Waals surface area contributed by atoms with Crippen molar-refractivity contribution in [3.8, 4) is 0 Å². The van der Waals surface area contributed by atoms with Gasteiger partial charge in [-0.1, -0.05) is 6.07 Å². The Kier molecular flexibility index (Phi) is 8.09. The molecule has 2 N–H and O–H groups in total. The first-order valence-electron chi connectivity index (χ1n) is 9.91.